The fourth-order valence-corrected chi connectivity index (χ4v) is 3.80. The van der Waals surface area contributed by atoms with Crippen LogP contribution in [-0.4, -0.2) is 63.8 Å². The Labute approximate surface area is 189 Å². The molecular formula is C24H33F2N5O. The minimum absolute atomic E-state index is 0.179. The lowest BCUT2D eigenvalue weighted by Crippen LogP contribution is -2.46. The summed E-state index contributed by atoms with van der Waals surface area (Å²) in [6.45, 7) is 3.72. The number of alkyl halides is 2. The minimum Gasteiger partial charge on any atom is -0.434 e. The number of hydrogen-bond acceptors (Lipinski definition) is 4. The zero-order chi connectivity index (χ0) is 22.6. The molecule has 2 aromatic rings. The monoisotopic (exact) mass is 445 g/mol. The third kappa shape index (κ3) is 7.67. The highest BCUT2D eigenvalue weighted by Gasteiger charge is 2.16. The zero-order valence-corrected chi connectivity index (χ0v) is 18.6. The minimum atomic E-state index is -2.84. The Morgan fingerprint density at radius 2 is 1.69 bits per heavy atom. The lowest BCUT2D eigenvalue weighted by molar-refractivity contribution is -0.0504. The van der Waals surface area contributed by atoms with Gasteiger partial charge >= 0.3 is 6.61 Å². The topological polar surface area (TPSA) is 52.1 Å². The molecule has 0 unspecified atom stereocenters. The molecule has 32 heavy (non-hydrogen) atoms. The van der Waals surface area contributed by atoms with Crippen LogP contribution in [0.15, 0.2) is 59.6 Å². The van der Waals surface area contributed by atoms with Gasteiger partial charge in [0.1, 0.15) is 5.75 Å². The SMILES string of the molecule is CN=C(NCCCCN1CCN(c2ccccc2)CC1)NCc1ccccc1OC(F)F. The smallest absolute Gasteiger partial charge is 0.387 e. The summed E-state index contributed by atoms with van der Waals surface area (Å²) in [7, 11) is 1.70. The maximum absolute atomic E-state index is 12.6. The number of nitrogens with zero attached hydrogens (tertiary/aromatic N) is 3. The van der Waals surface area contributed by atoms with E-state index in [-0.39, 0.29) is 5.75 Å². The molecule has 0 amide bonds. The van der Waals surface area contributed by atoms with Crippen molar-refractivity contribution in [2.75, 3.05) is 51.2 Å². The third-order valence-electron chi connectivity index (χ3n) is 5.55. The molecule has 174 valence electrons. The maximum Gasteiger partial charge on any atom is 0.387 e. The second kappa shape index (κ2) is 12.9. The summed E-state index contributed by atoms with van der Waals surface area (Å²) in [5.74, 6) is 0.825. The van der Waals surface area contributed by atoms with E-state index in [1.54, 1.807) is 31.3 Å². The van der Waals surface area contributed by atoms with E-state index in [0.29, 0.717) is 18.1 Å². The van der Waals surface area contributed by atoms with Gasteiger partial charge < -0.3 is 20.3 Å². The van der Waals surface area contributed by atoms with Gasteiger partial charge in [-0.2, -0.15) is 8.78 Å². The van der Waals surface area contributed by atoms with E-state index >= 15 is 0 Å². The summed E-state index contributed by atoms with van der Waals surface area (Å²) in [5, 5.41) is 6.45. The van der Waals surface area contributed by atoms with Gasteiger partial charge in [0.05, 0.1) is 0 Å². The van der Waals surface area contributed by atoms with E-state index < -0.39 is 6.61 Å². The van der Waals surface area contributed by atoms with E-state index in [9.17, 15) is 8.78 Å². The fourth-order valence-electron chi connectivity index (χ4n) is 3.80. The Kier molecular flexibility index (Phi) is 9.56. The van der Waals surface area contributed by atoms with Crippen LogP contribution in [0.3, 0.4) is 0 Å². The Hall–Kier alpha value is -2.87. The van der Waals surface area contributed by atoms with Gasteiger partial charge in [0.15, 0.2) is 5.96 Å². The van der Waals surface area contributed by atoms with Crippen LogP contribution in [0.5, 0.6) is 5.75 Å². The summed E-state index contributed by atoms with van der Waals surface area (Å²) >= 11 is 0. The molecule has 1 saturated heterocycles. The lowest BCUT2D eigenvalue weighted by atomic mass is 10.2. The molecule has 1 fully saturated rings. The van der Waals surface area contributed by atoms with Crippen LogP contribution in [0.4, 0.5) is 14.5 Å². The highest BCUT2D eigenvalue weighted by atomic mass is 19.3. The van der Waals surface area contributed by atoms with Crippen LogP contribution >= 0.6 is 0 Å². The largest absolute Gasteiger partial charge is 0.434 e. The van der Waals surface area contributed by atoms with Crippen molar-refractivity contribution in [3.05, 3.63) is 60.2 Å². The molecular weight excluding hydrogens is 412 g/mol. The van der Waals surface area contributed by atoms with Gasteiger partial charge in [-0.1, -0.05) is 36.4 Å². The first-order chi connectivity index (χ1) is 15.7. The Morgan fingerprint density at radius 1 is 0.969 bits per heavy atom. The van der Waals surface area contributed by atoms with Gasteiger partial charge in [-0.15, -0.1) is 0 Å². The standard InChI is InChI=1S/C24H33F2N5O/c1-27-24(29-19-20-9-5-6-12-22(20)32-23(25)26)28-13-7-8-14-30-15-17-31(18-16-30)21-10-3-2-4-11-21/h2-6,9-12,23H,7-8,13-19H2,1H3,(H2,27,28,29). The van der Waals surface area contributed by atoms with Gasteiger partial charge in [-0.25, -0.2) is 0 Å². The van der Waals surface area contributed by atoms with Crippen molar-refractivity contribution in [3.8, 4) is 5.75 Å². The molecule has 6 nitrogen and oxygen atoms in total. The predicted molar refractivity (Wildman–Crippen MR) is 126 cm³/mol. The number of hydrogen-bond donors (Lipinski definition) is 2. The van der Waals surface area contributed by atoms with E-state index in [1.165, 1.54) is 5.69 Å². The molecule has 0 radical (unpaired) electrons. The summed E-state index contributed by atoms with van der Waals surface area (Å²) in [5.41, 5.74) is 1.96. The van der Waals surface area contributed by atoms with Crippen LogP contribution in [0.1, 0.15) is 18.4 Å². The zero-order valence-electron chi connectivity index (χ0n) is 18.6. The number of rotatable bonds is 10. The molecule has 2 N–H and O–H groups in total. The first kappa shape index (κ1) is 23.8. The molecule has 0 spiro atoms. The van der Waals surface area contributed by atoms with Crippen molar-refractivity contribution in [2.24, 2.45) is 4.99 Å². The van der Waals surface area contributed by atoms with Crippen LogP contribution in [0.2, 0.25) is 0 Å². The van der Waals surface area contributed by atoms with E-state index in [4.69, 9.17) is 0 Å². The average Bonchev–Trinajstić information content (AvgIpc) is 2.82. The number of anilines is 1. The van der Waals surface area contributed by atoms with Crippen molar-refractivity contribution in [1.29, 1.82) is 0 Å². The van der Waals surface area contributed by atoms with E-state index in [2.05, 4.69) is 60.5 Å². The summed E-state index contributed by atoms with van der Waals surface area (Å²) in [6, 6.07) is 17.4. The third-order valence-corrected chi connectivity index (χ3v) is 5.55. The highest BCUT2D eigenvalue weighted by Crippen LogP contribution is 2.20. The van der Waals surface area contributed by atoms with Crippen LogP contribution in [-0.2, 0) is 6.54 Å². The van der Waals surface area contributed by atoms with Crippen LogP contribution in [0, 0.1) is 0 Å². The van der Waals surface area contributed by atoms with Crippen LogP contribution in [0.25, 0.3) is 0 Å². The fraction of sp³-hybridized carbons (Fsp3) is 0.458. The molecule has 1 aliphatic heterocycles. The van der Waals surface area contributed by atoms with Gasteiger partial charge in [-0.3, -0.25) is 9.89 Å². The quantitative estimate of drug-likeness (QED) is 0.333. The molecule has 2 aromatic carbocycles. The van der Waals surface area contributed by atoms with Gasteiger partial charge in [0.25, 0.3) is 0 Å². The number of ether oxygens (including phenoxy) is 1. The first-order valence-electron chi connectivity index (χ1n) is 11.2. The predicted octanol–water partition coefficient (Wildman–Crippen LogP) is 3.56. The number of guanidine groups is 1. The average molecular weight is 446 g/mol. The van der Waals surface area contributed by atoms with Gasteiger partial charge in [0, 0.05) is 57.6 Å². The second-order valence-corrected chi connectivity index (χ2v) is 7.71. The van der Waals surface area contributed by atoms with Crippen molar-refractivity contribution in [2.45, 2.75) is 26.0 Å². The Bertz CT molecular complexity index is 826. The molecule has 0 saturated carbocycles. The van der Waals surface area contributed by atoms with E-state index in [1.807, 2.05) is 0 Å². The number of piperazine rings is 1. The van der Waals surface area contributed by atoms with E-state index in [0.717, 1.165) is 52.1 Å². The molecule has 0 aromatic heterocycles. The van der Waals surface area contributed by atoms with Gasteiger partial charge in [-0.05, 0) is 37.6 Å². The number of nitrogens with one attached hydrogen (secondary N) is 2. The molecule has 0 aliphatic carbocycles. The maximum atomic E-state index is 12.6. The first-order valence-corrected chi connectivity index (χ1v) is 11.2. The lowest BCUT2D eigenvalue weighted by Gasteiger charge is -2.36. The summed E-state index contributed by atoms with van der Waals surface area (Å²) < 4.78 is 29.7. The number of halogens is 2. The Balaban J connectivity index is 1.30. The van der Waals surface area contributed by atoms with Crippen molar-refractivity contribution >= 4 is 11.6 Å². The van der Waals surface area contributed by atoms with Crippen molar-refractivity contribution < 1.29 is 13.5 Å². The highest BCUT2D eigenvalue weighted by molar-refractivity contribution is 5.79. The molecule has 0 bridgehead atoms. The molecule has 3 rings (SSSR count). The van der Waals surface area contributed by atoms with Crippen LogP contribution < -0.4 is 20.3 Å². The van der Waals surface area contributed by atoms with Crippen molar-refractivity contribution in [3.63, 3.8) is 0 Å². The molecule has 8 heteroatoms. The summed E-state index contributed by atoms with van der Waals surface area (Å²) in [6.07, 6.45) is 2.14. The van der Waals surface area contributed by atoms with Crippen molar-refractivity contribution in [1.82, 2.24) is 15.5 Å². The molecule has 0 atom stereocenters. The second-order valence-electron chi connectivity index (χ2n) is 7.71. The molecule has 1 aliphatic rings. The number of unbranched alkanes of at least 4 members (excludes halogenated alkanes) is 1. The summed E-state index contributed by atoms with van der Waals surface area (Å²) in [4.78, 5) is 9.17. The number of benzene rings is 2. The number of aliphatic imine (C=N–C) groups is 1. The number of para-hydroxylation sites is 2. The Morgan fingerprint density at radius 3 is 2.41 bits per heavy atom. The normalized spacial score (nSPS) is 15.1. The molecule has 1 heterocycles. The van der Waals surface area contributed by atoms with Gasteiger partial charge in [0.2, 0.25) is 0 Å².